The Kier molecular flexibility index (Phi) is 10.6. The van der Waals surface area contributed by atoms with Gasteiger partial charge in [-0.25, -0.2) is 4.79 Å². The smallest absolute Gasteiger partial charge is 0.328 e. The molecule has 1 aromatic rings. The van der Waals surface area contributed by atoms with Crippen LogP contribution in [-0.2, 0) is 9.59 Å². The molecule has 7 N–H and O–H groups in total. The highest BCUT2D eigenvalue weighted by Crippen LogP contribution is 2.26. The SMILES string of the molecule is COc1cc(/C=C/C(=O)O)ccc1O.NCCCC[C@H](N)C(=O)O. The first kappa shape index (κ1) is 21.4. The van der Waals surface area contributed by atoms with E-state index in [1.807, 2.05) is 0 Å². The summed E-state index contributed by atoms with van der Waals surface area (Å²) in [6.45, 7) is 0.604. The average molecular weight is 340 g/mol. The maximum Gasteiger partial charge on any atom is 0.328 e. The van der Waals surface area contributed by atoms with Crippen LogP contribution in [0.5, 0.6) is 11.5 Å². The van der Waals surface area contributed by atoms with E-state index in [1.165, 1.54) is 19.3 Å². The monoisotopic (exact) mass is 340 g/mol. The van der Waals surface area contributed by atoms with E-state index in [9.17, 15) is 14.7 Å². The lowest BCUT2D eigenvalue weighted by atomic mass is 10.1. The molecule has 24 heavy (non-hydrogen) atoms. The standard InChI is InChI=1S/C10H10O4.C6H14N2O2/c1-14-9-6-7(2-4-8(9)11)3-5-10(12)13;7-4-2-1-3-5(8)6(9)10/h2-6,11H,1H3,(H,12,13);5H,1-4,7-8H2,(H,9,10)/b5-3+;/t;5-/m.0/s1. The molecule has 0 aliphatic heterocycles. The molecule has 0 aliphatic carbocycles. The van der Waals surface area contributed by atoms with Gasteiger partial charge >= 0.3 is 11.9 Å². The fraction of sp³-hybridized carbons (Fsp3) is 0.375. The van der Waals surface area contributed by atoms with Crippen molar-refractivity contribution in [3.8, 4) is 11.5 Å². The molecule has 0 aliphatic rings. The van der Waals surface area contributed by atoms with Gasteiger partial charge < -0.3 is 31.5 Å². The highest BCUT2D eigenvalue weighted by molar-refractivity contribution is 5.85. The van der Waals surface area contributed by atoms with Crippen LogP contribution >= 0.6 is 0 Å². The Bertz CT molecular complexity index is 559. The van der Waals surface area contributed by atoms with Gasteiger partial charge in [0, 0.05) is 6.08 Å². The molecule has 1 atom stereocenters. The van der Waals surface area contributed by atoms with Gasteiger partial charge in [0.1, 0.15) is 6.04 Å². The lowest BCUT2D eigenvalue weighted by molar-refractivity contribution is -0.138. The number of ether oxygens (including phenoxy) is 1. The van der Waals surface area contributed by atoms with Gasteiger partial charge in [-0.2, -0.15) is 0 Å². The lowest BCUT2D eigenvalue weighted by Crippen LogP contribution is -2.29. The summed E-state index contributed by atoms with van der Waals surface area (Å²) in [4.78, 5) is 20.4. The second kappa shape index (κ2) is 11.9. The molecule has 8 heteroatoms. The number of phenols is 1. The van der Waals surface area contributed by atoms with Gasteiger partial charge in [0.25, 0.3) is 0 Å². The van der Waals surface area contributed by atoms with Crippen LogP contribution in [0.15, 0.2) is 24.3 Å². The van der Waals surface area contributed by atoms with E-state index in [-0.39, 0.29) is 5.75 Å². The summed E-state index contributed by atoms with van der Waals surface area (Å²) in [6, 6.07) is 3.87. The fourth-order valence-electron chi connectivity index (χ4n) is 1.60. The number of aromatic hydroxyl groups is 1. The van der Waals surface area contributed by atoms with Crippen molar-refractivity contribution < 1.29 is 29.6 Å². The van der Waals surface area contributed by atoms with Crippen molar-refractivity contribution in [3.63, 3.8) is 0 Å². The molecule has 134 valence electrons. The highest BCUT2D eigenvalue weighted by atomic mass is 16.5. The Morgan fingerprint density at radius 3 is 2.46 bits per heavy atom. The number of phenolic OH excluding ortho intramolecular Hbond substituents is 1. The predicted molar refractivity (Wildman–Crippen MR) is 89.8 cm³/mol. The average Bonchev–Trinajstić information content (AvgIpc) is 2.54. The summed E-state index contributed by atoms with van der Waals surface area (Å²) in [5.74, 6) is -1.61. The molecule has 0 saturated carbocycles. The largest absolute Gasteiger partial charge is 0.504 e. The number of aliphatic carboxylic acids is 2. The Morgan fingerprint density at radius 2 is 1.96 bits per heavy atom. The molecule has 0 amide bonds. The molecule has 8 nitrogen and oxygen atoms in total. The third-order valence-electron chi connectivity index (χ3n) is 2.91. The summed E-state index contributed by atoms with van der Waals surface area (Å²) in [6.07, 6.45) is 4.60. The Morgan fingerprint density at radius 1 is 1.29 bits per heavy atom. The Labute approximate surface area is 140 Å². The third kappa shape index (κ3) is 9.44. The number of methoxy groups -OCH3 is 1. The van der Waals surface area contributed by atoms with E-state index in [0.29, 0.717) is 24.3 Å². The van der Waals surface area contributed by atoms with Crippen molar-refractivity contribution in [3.05, 3.63) is 29.8 Å². The van der Waals surface area contributed by atoms with Crippen molar-refractivity contribution in [2.45, 2.75) is 25.3 Å². The van der Waals surface area contributed by atoms with Crippen molar-refractivity contribution in [2.75, 3.05) is 13.7 Å². The topological polar surface area (TPSA) is 156 Å². The zero-order valence-electron chi connectivity index (χ0n) is 13.5. The van der Waals surface area contributed by atoms with E-state index in [0.717, 1.165) is 18.9 Å². The number of hydrogen-bond acceptors (Lipinski definition) is 6. The van der Waals surface area contributed by atoms with E-state index < -0.39 is 18.0 Å². The van der Waals surface area contributed by atoms with Crippen LogP contribution in [0.1, 0.15) is 24.8 Å². The third-order valence-corrected chi connectivity index (χ3v) is 2.91. The lowest BCUT2D eigenvalue weighted by Gasteiger charge is -2.03. The first-order valence-electron chi connectivity index (χ1n) is 7.28. The zero-order valence-corrected chi connectivity index (χ0v) is 13.5. The van der Waals surface area contributed by atoms with Gasteiger partial charge in [-0.1, -0.05) is 12.5 Å². The first-order valence-corrected chi connectivity index (χ1v) is 7.28. The number of carboxylic acid groups (broad SMARTS) is 2. The van der Waals surface area contributed by atoms with Gasteiger partial charge in [0.15, 0.2) is 11.5 Å². The van der Waals surface area contributed by atoms with Crippen LogP contribution in [-0.4, -0.2) is 47.0 Å². The summed E-state index contributed by atoms with van der Waals surface area (Å²) in [5, 5.41) is 26.0. The number of hydrogen-bond donors (Lipinski definition) is 5. The normalized spacial score (nSPS) is 11.5. The van der Waals surface area contributed by atoms with Gasteiger partial charge in [-0.15, -0.1) is 0 Å². The molecule has 1 aromatic carbocycles. The van der Waals surface area contributed by atoms with Gasteiger partial charge in [0.05, 0.1) is 7.11 Å². The molecule has 0 unspecified atom stereocenters. The van der Waals surface area contributed by atoms with Crippen LogP contribution in [0.3, 0.4) is 0 Å². The minimum atomic E-state index is -1.02. The van der Waals surface area contributed by atoms with Crippen LogP contribution in [0.4, 0.5) is 0 Å². The van der Waals surface area contributed by atoms with E-state index >= 15 is 0 Å². The Hall–Kier alpha value is -2.58. The Balaban J connectivity index is 0.000000470. The van der Waals surface area contributed by atoms with Crippen molar-refractivity contribution >= 4 is 18.0 Å². The fourth-order valence-corrected chi connectivity index (χ4v) is 1.60. The molecular weight excluding hydrogens is 316 g/mol. The molecule has 0 spiro atoms. The molecule has 0 radical (unpaired) electrons. The molecular formula is C16H24N2O6. The summed E-state index contributed by atoms with van der Waals surface area (Å²) >= 11 is 0. The summed E-state index contributed by atoms with van der Waals surface area (Å²) in [5.41, 5.74) is 11.1. The molecule has 0 fully saturated rings. The van der Waals surface area contributed by atoms with Crippen LogP contribution in [0.2, 0.25) is 0 Å². The second-order valence-corrected chi connectivity index (χ2v) is 4.83. The number of nitrogens with two attached hydrogens (primary N) is 2. The first-order chi connectivity index (χ1) is 11.3. The van der Waals surface area contributed by atoms with E-state index in [4.69, 9.17) is 26.4 Å². The maximum absolute atomic E-state index is 10.2. The minimum absolute atomic E-state index is 0.0278. The number of carboxylic acids is 2. The number of rotatable bonds is 8. The second-order valence-electron chi connectivity index (χ2n) is 4.83. The summed E-state index contributed by atoms with van der Waals surface area (Å²) in [7, 11) is 1.43. The number of carbonyl (C=O) groups is 2. The molecule has 1 rings (SSSR count). The maximum atomic E-state index is 10.2. The van der Waals surface area contributed by atoms with Gasteiger partial charge in [-0.3, -0.25) is 4.79 Å². The highest BCUT2D eigenvalue weighted by Gasteiger charge is 2.09. The molecule has 0 heterocycles. The van der Waals surface area contributed by atoms with Gasteiger partial charge in [-0.05, 0) is 43.2 Å². The molecule has 0 saturated heterocycles. The molecule has 0 aromatic heterocycles. The van der Waals surface area contributed by atoms with Crippen molar-refractivity contribution in [1.82, 2.24) is 0 Å². The van der Waals surface area contributed by atoms with E-state index in [2.05, 4.69) is 0 Å². The van der Waals surface area contributed by atoms with Crippen LogP contribution < -0.4 is 16.2 Å². The quantitative estimate of drug-likeness (QED) is 0.347. The van der Waals surface area contributed by atoms with Crippen LogP contribution in [0.25, 0.3) is 6.08 Å². The van der Waals surface area contributed by atoms with E-state index in [1.54, 1.807) is 12.1 Å². The predicted octanol–water partition coefficient (Wildman–Crippen LogP) is 1.03. The van der Waals surface area contributed by atoms with Crippen molar-refractivity contribution in [1.29, 1.82) is 0 Å². The summed E-state index contributed by atoms with van der Waals surface area (Å²) < 4.78 is 4.86. The van der Waals surface area contributed by atoms with Crippen LogP contribution in [0, 0.1) is 0 Å². The van der Waals surface area contributed by atoms with Crippen molar-refractivity contribution in [2.24, 2.45) is 11.5 Å². The number of unbranched alkanes of at least 4 members (excludes halogenated alkanes) is 1. The van der Waals surface area contributed by atoms with Gasteiger partial charge in [0.2, 0.25) is 0 Å². The number of benzene rings is 1. The minimum Gasteiger partial charge on any atom is -0.504 e. The molecule has 0 bridgehead atoms. The zero-order chi connectivity index (χ0) is 18.5.